The minimum atomic E-state index is -0.453. The molecule has 0 unspecified atom stereocenters. The number of hydrogen-bond acceptors (Lipinski definition) is 6. The van der Waals surface area contributed by atoms with E-state index in [1.165, 1.54) is 5.38 Å². The van der Waals surface area contributed by atoms with Crippen molar-refractivity contribution in [2.45, 2.75) is 0 Å². The van der Waals surface area contributed by atoms with Gasteiger partial charge < -0.3 is 10.6 Å². The first-order chi connectivity index (χ1) is 7.19. The van der Waals surface area contributed by atoms with Crippen LogP contribution in [0.3, 0.4) is 0 Å². The van der Waals surface area contributed by atoms with Crippen LogP contribution in [-0.2, 0) is 0 Å². The van der Waals surface area contributed by atoms with E-state index in [1.54, 1.807) is 0 Å². The molecule has 15 heavy (non-hydrogen) atoms. The Morgan fingerprint density at radius 2 is 2.13 bits per heavy atom. The van der Waals surface area contributed by atoms with Crippen LogP contribution in [0.2, 0.25) is 0 Å². The van der Waals surface area contributed by atoms with Gasteiger partial charge in [-0.3, -0.25) is 4.79 Å². The van der Waals surface area contributed by atoms with Crippen molar-refractivity contribution in [1.29, 1.82) is 10.5 Å². The van der Waals surface area contributed by atoms with Crippen molar-refractivity contribution in [2.24, 2.45) is 0 Å². The lowest BCUT2D eigenvalue weighted by atomic mass is 10.4. The SMILES string of the molecule is N#CCN(CC#N)C(=O)c1csc(N)n1. The van der Waals surface area contributed by atoms with E-state index in [1.807, 2.05) is 12.1 Å². The van der Waals surface area contributed by atoms with Crippen LogP contribution in [0.4, 0.5) is 5.13 Å². The average molecular weight is 221 g/mol. The molecule has 0 aliphatic heterocycles. The second-order valence-corrected chi connectivity index (χ2v) is 3.44. The predicted octanol–water partition coefficient (Wildman–Crippen LogP) is 0.215. The van der Waals surface area contributed by atoms with Gasteiger partial charge in [0.2, 0.25) is 0 Å². The smallest absolute Gasteiger partial charge is 0.275 e. The maximum atomic E-state index is 11.7. The molecule has 0 aliphatic carbocycles. The molecular weight excluding hydrogens is 214 g/mol. The summed E-state index contributed by atoms with van der Waals surface area (Å²) in [4.78, 5) is 16.5. The molecule has 0 atom stereocenters. The van der Waals surface area contributed by atoms with E-state index in [0.29, 0.717) is 0 Å². The second kappa shape index (κ2) is 4.94. The lowest BCUT2D eigenvalue weighted by molar-refractivity contribution is 0.0790. The quantitative estimate of drug-likeness (QED) is 0.734. The number of nitriles is 2. The molecule has 0 aliphatic rings. The first kappa shape index (κ1) is 11.0. The van der Waals surface area contributed by atoms with Crippen molar-refractivity contribution in [2.75, 3.05) is 18.8 Å². The summed E-state index contributed by atoms with van der Waals surface area (Å²) >= 11 is 1.14. The summed E-state index contributed by atoms with van der Waals surface area (Å²) in [5, 5.41) is 18.7. The maximum absolute atomic E-state index is 11.7. The number of rotatable bonds is 3. The molecule has 7 heteroatoms. The van der Waals surface area contributed by atoms with E-state index in [-0.39, 0.29) is 23.9 Å². The van der Waals surface area contributed by atoms with Gasteiger partial charge in [-0.15, -0.1) is 11.3 Å². The van der Waals surface area contributed by atoms with E-state index in [4.69, 9.17) is 16.3 Å². The number of anilines is 1. The zero-order valence-corrected chi connectivity index (χ0v) is 8.49. The summed E-state index contributed by atoms with van der Waals surface area (Å²) in [6.07, 6.45) is 0. The predicted molar refractivity (Wildman–Crippen MR) is 53.7 cm³/mol. The van der Waals surface area contributed by atoms with Crippen LogP contribution in [-0.4, -0.2) is 28.9 Å². The molecule has 1 aromatic rings. The third-order valence-electron chi connectivity index (χ3n) is 1.55. The van der Waals surface area contributed by atoms with Crippen LogP contribution in [0.5, 0.6) is 0 Å². The van der Waals surface area contributed by atoms with Gasteiger partial charge in [0.15, 0.2) is 5.13 Å². The lowest BCUT2D eigenvalue weighted by Crippen LogP contribution is -2.32. The molecule has 0 spiro atoms. The summed E-state index contributed by atoms with van der Waals surface area (Å²) in [7, 11) is 0. The van der Waals surface area contributed by atoms with Crippen molar-refractivity contribution in [1.82, 2.24) is 9.88 Å². The molecule has 0 aromatic carbocycles. The number of carbonyl (C=O) groups excluding carboxylic acids is 1. The van der Waals surface area contributed by atoms with Gasteiger partial charge in [0.1, 0.15) is 18.8 Å². The fraction of sp³-hybridized carbons (Fsp3) is 0.250. The number of nitrogens with two attached hydrogens (primary N) is 1. The van der Waals surface area contributed by atoms with Crippen LogP contribution in [0, 0.1) is 22.7 Å². The highest BCUT2D eigenvalue weighted by atomic mass is 32.1. The highest BCUT2D eigenvalue weighted by Gasteiger charge is 2.17. The average Bonchev–Trinajstić information content (AvgIpc) is 2.63. The molecule has 1 amide bonds. The van der Waals surface area contributed by atoms with Gasteiger partial charge in [0, 0.05) is 5.38 Å². The monoisotopic (exact) mass is 221 g/mol. The fourth-order valence-electron chi connectivity index (χ4n) is 0.918. The summed E-state index contributed by atoms with van der Waals surface area (Å²) in [6.45, 7) is -0.270. The van der Waals surface area contributed by atoms with E-state index >= 15 is 0 Å². The van der Waals surface area contributed by atoms with Crippen molar-refractivity contribution >= 4 is 22.4 Å². The molecule has 0 bridgehead atoms. The molecule has 1 aromatic heterocycles. The van der Waals surface area contributed by atoms with Gasteiger partial charge in [0.25, 0.3) is 5.91 Å². The van der Waals surface area contributed by atoms with Gasteiger partial charge >= 0.3 is 0 Å². The fourth-order valence-corrected chi connectivity index (χ4v) is 1.46. The number of carbonyl (C=O) groups is 1. The first-order valence-electron chi connectivity index (χ1n) is 3.93. The zero-order valence-electron chi connectivity index (χ0n) is 7.67. The Morgan fingerprint density at radius 1 is 1.53 bits per heavy atom. The minimum Gasteiger partial charge on any atom is -0.375 e. The van der Waals surface area contributed by atoms with Gasteiger partial charge in [-0.1, -0.05) is 0 Å². The Labute approximate surface area is 90.2 Å². The van der Waals surface area contributed by atoms with Gasteiger partial charge in [-0.05, 0) is 0 Å². The second-order valence-electron chi connectivity index (χ2n) is 2.55. The van der Waals surface area contributed by atoms with Crippen molar-refractivity contribution in [3.05, 3.63) is 11.1 Å². The van der Waals surface area contributed by atoms with E-state index in [0.717, 1.165) is 16.2 Å². The number of nitrogens with zero attached hydrogens (tertiary/aromatic N) is 4. The normalized spacial score (nSPS) is 8.93. The summed E-state index contributed by atoms with van der Waals surface area (Å²) in [6, 6.07) is 3.62. The number of hydrogen-bond donors (Lipinski definition) is 1. The van der Waals surface area contributed by atoms with Gasteiger partial charge in [0.05, 0.1) is 12.1 Å². The van der Waals surface area contributed by atoms with Crippen LogP contribution in [0.1, 0.15) is 10.5 Å². The third-order valence-corrected chi connectivity index (χ3v) is 2.23. The number of thiazole rings is 1. The Kier molecular flexibility index (Phi) is 3.61. The van der Waals surface area contributed by atoms with Crippen LogP contribution in [0.25, 0.3) is 0 Å². The van der Waals surface area contributed by atoms with E-state index in [9.17, 15) is 4.79 Å². The molecule has 76 valence electrons. The van der Waals surface area contributed by atoms with Crippen molar-refractivity contribution < 1.29 is 4.79 Å². The van der Waals surface area contributed by atoms with Gasteiger partial charge in [-0.2, -0.15) is 10.5 Å². The standard InChI is InChI=1S/C8H7N5OS/c9-1-3-13(4-2-10)7(14)6-5-15-8(11)12-6/h5H,3-4H2,(H2,11,12). The molecule has 6 nitrogen and oxygen atoms in total. The highest BCUT2D eigenvalue weighted by molar-refractivity contribution is 7.13. The molecule has 1 rings (SSSR count). The summed E-state index contributed by atoms with van der Waals surface area (Å²) < 4.78 is 0. The zero-order chi connectivity index (χ0) is 11.3. The van der Waals surface area contributed by atoms with Crippen LogP contribution in [0.15, 0.2) is 5.38 Å². The third kappa shape index (κ3) is 2.66. The number of nitrogen functional groups attached to an aromatic ring is 1. The largest absolute Gasteiger partial charge is 0.375 e. The van der Waals surface area contributed by atoms with Crippen LogP contribution < -0.4 is 5.73 Å². The molecule has 0 fully saturated rings. The van der Waals surface area contributed by atoms with Crippen molar-refractivity contribution in [3.8, 4) is 12.1 Å². The molecule has 2 N–H and O–H groups in total. The Balaban J connectivity index is 2.82. The molecule has 0 radical (unpaired) electrons. The Bertz CT molecular complexity index is 425. The topological polar surface area (TPSA) is 107 Å². The lowest BCUT2D eigenvalue weighted by Gasteiger charge is -2.13. The van der Waals surface area contributed by atoms with E-state index in [2.05, 4.69) is 4.98 Å². The molecule has 0 saturated heterocycles. The summed E-state index contributed by atoms with van der Waals surface area (Å²) in [5.41, 5.74) is 5.54. The maximum Gasteiger partial charge on any atom is 0.275 e. The Morgan fingerprint density at radius 3 is 2.53 bits per heavy atom. The van der Waals surface area contributed by atoms with Gasteiger partial charge in [-0.25, -0.2) is 4.98 Å². The minimum absolute atomic E-state index is 0.135. The number of amides is 1. The molecule has 0 saturated carbocycles. The summed E-state index contributed by atoms with van der Waals surface area (Å²) in [5.74, 6) is -0.453. The number of aromatic nitrogens is 1. The first-order valence-corrected chi connectivity index (χ1v) is 4.81. The van der Waals surface area contributed by atoms with Crippen molar-refractivity contribution in [3.63, 3.8) is 0 Å². The van der Waals surface area contributed by atoms with E-state index < -0.39 is 5.91 Å². The Hall–Kier alpha value is -2.12. The molecular formula is C8H7N5OS. The van der Waals surface area contributed by atoms with Crippen LogP contribution >= 0.6 is 11.3 Å². The molecule has 1 heterocycles. The highest BCUT2D eigenvalue weighted by Crippen LogP contribution is 2.12.